The summed E-state index contributed by atoms with van der Waals surface area (Å²) in [5.41, 5.74) is 3.83. The number of nitrogens with zero attached hydrogens (tertiary/aromatic N) is 3. The Bertz CT molecular complexity index is 753. The van der Waals surface area contributed by atoms with Crippen LogP contribution in [0.5, 0.6) is 0 Å². The quantitative estimate of drug-likeness (QED) is 0.676. The smallest absolute Gasteiger partial charge is 0.241 e. The van der Waals surface area contributed by atoms with Gasteiger partial charge in [0.25, 0.3) is 0 Å². The Hall–Kier alpha value is -2.14. The second-order valence-corrected chi connectivity index (χ2v) is 8.40. The molecule has 152 valence electrons. The van der Waals surface area contributed by atoms with Crippen LogP contribution in [0.25, 0.3) is 0 Å². The lowest BCUT2D eigenvalue weighted by Crippen LogP contribution is -2.34. The van der Waals surface area contributed by atoms with Crippen molar-refractivity contribution in [3.63, 3.8) is 0 Å². The average Bonchev–Trinajstić information content (AvgIpc) is 3.06. The predicted octanol–water partition coefficient (Wildman–Crippen LogP) is 3.42. The van der Waals surface area contributed by atoms with E-state index in [-0.39, 0.29) is 5.91 Å². The van der Waals surface area contributed by atoms with E-state index in [0.29, 0.717) is 19.1 Å². The van der Waals surface area contributed by atoms with Crippen molar-refractivity contribution in [1.29, 1.82) is 0 Å². The number of fused-ring (bicyclic) bond motifs is 1. The van der Waals surface area contributed by atoms with Crippen molar-refractivity contribution in [2.75, 3.05) is 13.1 Å². The van der Waals surface area contributed by atoms with Crippen LogP contribution in [-0.4, -0.2) is 39.7 Å². The van der Waals surface area contributed by atoms with Gasteiger partial charge in [-0.2, -0.15) is 5.10 Å². The molecule has 1 aliphatic carbocycles. The number of benzene rings is 1. The Morgan fingerprint density at radius 1 is 1.32 bits per heavy atom. The zero-order valence-electron chi connectivity index (χ0n) is 17.5. The molecule has 5 heteroatoms. The number of rotatable bonds is 9. The van der Waals surface area contributed by atoms with Gasteiger partial charge in [0.2, 0.25) is 5.91 Å². The lowest BCUT2D eigenvalue weighted by atomic mass is 9.89. The molecule has 0 bridgehead atoms. The number of carbonyl (C=O) groups excluding carboxylic acids is 1. The van der Waals surface area contributed by atoms with Gasteiger partial charge >= 0.3 is 0 Å². The second kappa shape index (κ2) is 9.87. The van der Waals surface area contributed by atoms with Crippen LogP contribution < -0.4 is 5.32 Å². The molecule has 1 heterocycles. The third-order valence-corrected chi connectivity index (χ3v) is 5.58. The molecule has 1 atom stereocenters. The minimum absolute atomic E-state index is 0.0482. The fraction of sp³-hybridized carbons (Fsp3) is 0.565. The normalized spacial score (nSPS) is 16.4. The molecule has 5 nitrogen and oxygen atoms in total. The first-order valence-electron chi connectivity index (χ1n) is 10.6. The number of hydrogen-bond donors (Lipinski definition) is 1. The molecule has 1 N–H and O–H groups in total. The molecule has 0 saturated carbocycles. The van der Waals surface area contributed by atoms with Crippen molar-refractivity contribution in [2.45, 2.75) is 65.6 Å². The monoisotopic (exact) mass is 382 g/mol. The number of amides is 1. The molecular formula is C23H34N4O. The number of aryl methyl sites for hydroxylation is 1. The topological polar surface area (TPSA) is 50.2 Å². The summed E-state index contributed by atoms with van der Waals surface area (Å²) in [6.07, 6.45) is 6.33. The molecule has 1 amide bonds. The zero-order chi connectivity index (χ0) is 19.9. The molecule has 0 saturated heterocycles. The van der Waals surface area contributed by atoms with Crippen LogP contribution in [-0.2, 0) is 30.7 Å². The van der Waals surface area contributed by atoms with E-state index in [1.165, 1.54) is 23.2 Å². The Balaban J connectivity index is 1.40. The summed E-state index contributed by atoms with van der Waals surface area (Å²) in [5, 5.41) is 7.65. The van der Waals surface area contributed by atoms with E-state index in [0.717, 1.165) is 38.3 Å². The van der Waals surface area contributed by atoms with Gasteiger partial charge in [0, 0.05) is 31.9 Å². The first-order chi connectivity index (χ1) is 13.5. The summed E-state index contributed by atoms with van der Waals surface area (Å²) >= 11 is 0. The van der Waals surface area contributed by atoms with Gasteiger partial charge in [-0.3, -0.25) is 14.4 Å². The van der Waals surface area contributed by atoms with Crippen LogP contribution >= 0.6 is 0 Å². The molecule has 0 fully saturated rings. The summed E-state index contributed by atoms with van der Waals surface area (Å²) in [4.78, 5) is 14.7. The van der Waals surface area contributed by atoms with Gasteiger partial charge in [-0.25, -0.2) is 0 Å². The predicted molar refractivity (Wildman–Crippen MR) is 113 cm³/mol. The Morgan fingerprint density at radius 2 is 2.11 bits per heavy atom. The second-order valence-electron chi connectivity index (χ2n) is 8.40. The van der Waals surface area contributed by atoms with Gasteiger partial charge in [0.05, 0.1) is 5.69 Å². The van der Waals surface area contributed by atoms with Gasteiger partial charge in [-0.05, 0) is 56.6 Å². The van der Waals surface area contributed by atoms with E-state index in [2.05, 4.69) is 72.6 Å². The SMILES string of the molecule is CC1CCc2nn(CC(=O)NCCCN(Cc3ccccc3)C(C)C)cc2C1. The van der Waals surface area contributed by atoms with Gasteiger partial charge < -0.3 is 5.32 Å². The highest BCUT2D eigenvalue weighted by Crippen LogP contribution is 2.23. The molecule has 1 aliphatic rings. The minimum atomic E-state index is 0.0482. The first kappa shape index (κ1) is 20.6. The van der Waals surface area contributed by atoms with E-state index in [1.54, 1.807) is 0 Å². The molecule has 0 aliphatic heterocycles. The highest BCUT2D eigenvalue weighted by molar-refractivity contribution is 5.75. The molecule has 28 heavy (non-hydrogen) atoms. The number of aromatic nitrogens is 2. The fourth-order valence-electron chi connectivity index (χ4n) is 3.88. The summed E-state index contributed by atoms with van der Waals surface area (Å²) in [6, 6.07) is 11.0. The van der Waals surface area contributed by atoms with Crippen molar-refractivity contribution < 1.29 is 4.79 Å². The molecule has 2 aromatic rings. The lowest BCUT2D eigenvalue weighted by Gasteiger charge is -2.26. The van der Waals surface area contributed by atoms with Crippen molar-refractivity contribution in [1.82, 2.24) is 20.0 Å². The van der Waals surface area contributed by atoms with Crippen LogP contribution in [0.15, 0.2) is 36.5 Å². The average molecular weight is 383 g/mol. The molecule has 0 radical (unpaired) electrons. The fourth-order valence-corrected chi connectivity index (χ4v) is 3.88. The molecule has 0 spiro atoms. The van der Waals surface area contributed by atoms with Gasteiger partial charge in [0.15, 0.2) is 0 Å². The lowest BCUT2D eigenvalue weighted by molar-refractivity contribution is -0.121. The van der Waals surface area contributed by atoms with Gasteiger partial charge in [-0.1, -0.05) is 37.3 Å². The summed E-state index contributed by atoms with van der Waals surface area (Å²) in [5.74, 6) is 0.769. The summed E-state index contributed by atoms with van der Waals surface area (Å²) in [7, 11) is 0. The minimum Gasteiger partial charge on any atom is -0.354 e. The Morgan fingerprint density at radius 3 is 2.86 bits per heavy atom. The summed E-state index contributed by atoms with van der Waals surface area (Å²) < 4.78 is 1.81. The highest BCUT2D eigenvalue weighted by atomic mass is 16.2. The number of carbonyl (C=O) groups is 1. The van der Waals surface area contributed by atoms with E-state index in [1.807, 2.05) is 4.68 Å². The first-order valence-corrected chi connectivity index (χ1v) is 10.6. The van der Waals surface area contributed by atoms with E-state index >= 15 is 0 Å². The van der Waals surface area contributed by atoms with Crippen LogP contribution in [0.4, 0.5) is 0 Å². The molecule has 3 rings (SSSR count). The highest BCUT2D eigenvalue weighted by Gasteiger charge is 2.19. The van der Waals surface area contributed by atoms with Crippen LogP contribution in [0.2, 0.25) is 0 Å². The largest absolute Gasteiger partial charge is 0.354 e. The van der Waals surface area contributed by atoms with Crippen molar-refractivity contribution in [3.8, 4) is 0 Å². The standard InChI is InChI=1S/C23H34N4O/c1-18(2)26(15-20-8-5-4-6-9-20)13-7-12-24-23(28)17-27-16-21-14-19(3)10-11-22(21)25-27/h4-6,8-9,16,18-19H,7,10-15,17H2,1-3H3,(H,24,28). The molecule has 1 aromatic carbocycles. The zero-order valence-corrected chi connectivity index (χ0v) is 17.5. The maximum Gasteiger partial charge on any atom is 0.241 e. The maximum absolute atomic E-state index is 12.3. The molecule has 1 aromatic heterocycles. The van der Waals surface area contributed by atoms with Crippen molar-refractivity contribution >= 4 is 5.91 Å². The Kier molecular flexibility index (Phi) is 7.26. The van der Waals surface area contributed by atoms with Crippen LogP contribution in [0.1, 0.15) is 50.4 Å². The van der Waals surface area contributed by atoms with Crippen molar-refractivity contribution in [2.24, 2.45) is 5.92 Å². The van der Waals surface area contributed by atoms with Gasteiger partial charge in [-0.15, -0.1) is 0 Å². The number of hydrogen-bond acceptors (Lipinski definition) is 3. The van der Waals surface area contributed by atoms with E-state index < -0.39 is 0 Å². The Labute approximate surface area is 169 Å². The number of nitrogens with one attached hydrogen (secondary N) is 1. The third kappa shape index (κ3) is 5.93. The van der Waals surface area contributed by atoms with Crippen LogP contribution in [0.3, 0.4) is 0 Å². The van der Waals surface area contributed by atoms with Crippen molar-refractivity contribution in [3.05, 3.63) is 53.3 Å². The van der Waals surface area contributed by atoms with E-state index in [4.69, 9.17) is 0 Å². The molecular weight excluding hydrogens is 348 g/mol. The van der Waals surface area contributed by atoms with Gasteiger partial charge in [0.1, 0.15) is 6.54 Å². The summed E-state index contributed by atoms with van der Waals surface area (Å²) in [6.45, 7) is 9.67. The maximum atomic E-state index is 12.3. The van der Waals surface area contributed by atoms with Crippen LogP contribution in [0, 0.1) is 5.92 Å². The van der Waals surface area contributed by atoms with E-state index in [9.17, 15) is 4.79 Å². The third-order valence-electron chi connectivity index (χ3n) is 5.58. The molecule has 1 unspecified atom stereocenters.